The van der Waals surface area contributed by atoms with Crippen molar-refractivity contribution in [2.75, 3.05) is 18.4 Å². The van der Waals surface area contributed by atoms with Crippen LogP contribution in [0.25, 0.3) is 0 Å². The largest absolute Gasteiger partial charge is 0.325 e. The van der Waals surface area contributed by atoms with Crippen LogP contribution in [0.4, 0.5) is 10.1 Å². The molecule has 0 spiro atoms. The van der Waals surface area contributed by atoms with E-state index in [4.69, 9.17) is 23.2 Å². The smallest absolute Gasteiger partial charge is 0.227 e. The standard InChI is InChI=1S/C19H19Cl2FN2O3S/c20-15-3-6-18(17(21)11-15)23-19(25)14-7-9-24(10-8-14)28(26,27)12-13-1-4-16(22)5-2-13/h1-6,11,14H,7-10,12H2,(H,23,25). The Labute approximate surface area is 173 Å². The minimum absolute atomic E-state index is 0.190. The van der Waals surface area contributed by atoms with Crippen molar-refractivity contribution in [2.24, 2.45) is 5.92 Å². The zero-order chi connectivity index (χ0) is 20.3. The summed E-state index contributed by atoms with van der Waals surface area (Å²) in [6.45, 7) is 0.520. The number of piperidine rings is 1. The molecule has 1 aliphatic heterocycles. The maximum Gasteiger partial charge on any atom is 0.227 e. The van der Waals surface area contributed by atoms with Crippen molar-refractivity contribution in [3.63, 3.8) is 0 Å². The Kier molecular flexibility index (Phi) is 6.60. The molecule has 1 fully saturated rings. The maximum atomic E-state index is 13.0. The van der Waals surface area contributed by atoms with Gasteiger partial charge in [0.1, 0.15) is 5.82 Å². The van der Waals surface area contributed by atoms with Gasteiger partial charge in [0.05, 0.1) is 16.5 Å². The van der Waals surface area contributed by atoms with E-state index in [0.29, 0.717) is 34.1 Å². The average Bonchev–Trinajstić information content (AvgIpc) is 2.66. The summed E-state index contributed by atoms with van der Waals surface area (Å²) in [5.41, 5.74) is 1.00. The molecule has 0 atom stereocenters. The number of sulfonamides is 1. The second-order valence-corrected chi connectivity index (χ2v) is 9.48. The lowest BCUT2D eigenvalue weighted by atomic mass is 9.97. The van der Waals surface area contributed by atoms with Gasteiger partial charge in [0.15, 0.2) is 0 Å². The number of carbonyl (C=O) groups is 1. The Morgan fingerprint density at radius 2 is 1.75 bits per heavy atom. The van der Waals surface area contributed by atoms with Gasteiger partial charge in [-0.3, -0.25) is 4.79 Å². The third-order valence-electron chi connectivity index (χ3n) is 4.67. The highest BCUT2D eigenvalue weighted by atomic mass is 35.5. The van der Waals surface area contributed by atoms with Crippen molar-refractivity contribution < 1.29 is 17.6 Å². The molecule has 1 amide bonds. The van der Waals surface area contributed by atoms with Crippen LogP contribution in [0.5, 0.6) is 0 Å². The highest BCUT2D eigenvalue weighted by Crippen LogP contribution is 2.28. The third-order valence-corrected chi connectivity index (χ3v) is 7.07. The van der Waals surface area contributed by atoms with Crippen LogP contribution in [-0.2, 0) is 20.6 Å². The summed E-state index contributed by atoms with van der Waals surface area (Å²) >= 11 is 11.9. The molecule has 28 heavy (non-hydrogen) atoms. The third kappa shape index (κ3) is 5.23. The van der Waals surface area contributed by atoms with Crippen LogP contribution >= 0.6 is 23.2 Å². The van der Waals surface area contributed by atoms with Crippen LogP contribution in [0.1, 0.15) is 18.4 Å². The minimum atomic E-state index is -3.53. The fourth-order valence-electron chi connectivity index (χ4n) is 3.10. The van der Waals surface area contributed by atoms with Crippen molar-refractivity contribution >= 4 is 44.8 Å². The van der Waals surface area contributed by atoms with E-state index in [-0.39, 0.29) is 30.7 Å². The lowest BCUT2D eigenvalue weighted by Crippen LogP contribution is -2.41. The van der Waals surface area contributed by atoms with Crippen LogP contribution in [0.15, 0.2) is 42.5 Å². The Hall–Kier alpha value is -1.67. The molecule has 1 heterocycles. The predicted octanol–water partition coefficient (Wildman–Crippen LogP) is 4.31. The van der Waals surface area contributed by atoms with Crippen LogP contribution < -0.4 is 5.32 Å². The summed E-state index contributed by atoms with van der Waals surface area (Å²) in [6.07, 6.45) is 0.833. The van der Waals surface area contributed by atoms with Gasteiger partial charge < -0.3 is 5.32 Å². The van der Waals surface area contributed by atoms with Crippen LogP contribution in [0.3, 0.4) is 0 Å². The van der Waals surface area contributed by atoms with E-state index in [1.807, 2.05) is 0 Å². The molecule has 0 radical (unpaired) electrons. The van der Waals surface area contributed by atoms with Crippen molar-refractivity contribution in [3.8, 4) is 0 Å². The number of anilines is 1. The Morgan fingerprint density at radius 3 is 2.36 bits per heavy atom. The number of hydrogen-bond acceptors (Lipinski definition) is 3. The highest BCUT2D eigenvalue weighted by Gasteiger charge is 2.31. The molecule has 1 N–H and O–H groups in total. The summed E-state index contributed by atoms with van der Waals surface area (Å²) in [7, 11) is -3.53. The highest BCUT2D eigenvalue weighted by molar-refractivity contribution is 7.88. The number of carbonyl (C=O) groups excluding carboxylic acids is 1. The monoisotopic (exact) mass is 444 g/mol. The topological polar surface area (TPSA) is 66.5 Å². The molecule has 0 bridgehead atoms. The lowest BCUT2D eigenvalue weighted by Gasteiger charge is -2.30. The summed E-state index contributed by atoms with van der Waals surface area (Å²) in [5.74, 6) is -1.09. The van der Waals surface area contributed by atoms with Crippen molar-refractivity contribution in [3.05, 3.63) is 63.9 Å². The van der Waals surface area contributed by atoms with E-state index >= 15 is 0 Å². The first-order valence-corrected chi connectivity index (χ1v) is 11.1. The van der Waals surface area contributed by atoms with Gasteiger partial charge in [-0.15, -0.1) is 0 Å². The van der Waals surface area contributed by atoms with E-state index in [2.05, 4.69) is 5.32 Å². The number of hydrogen-bond donors (Lipinski definition) is 1. The lowest BCUT2D eigenvalue weighted by molar-refractivity contribution is -0.120. The average molecular weight is 445 g/mol. The first-order valence-electron chi connectivity index (χ1n) is 8.73. The normalized spacial score (nSPS) is 16.1. The van der Waals surface area contributed by atoms with Crippen molar-refractivity contribution in [1.29, 1.82) is 0 Å². The van der Waals surface area contributed by atoms with Crippen LogP contribution in [0.2, 0.25) is 10.0 Å². The zero-order valence-corrected chi connectivity index (χ0v) is 17.2. The summed E-state index contributed by atoms with van der Waals surface area (Å²) < 4.78 is 39.5. The second-order valence-electron chi connectivity index (χ2n) is 6.67. The molecule has 3 rings (SSSR count). The molecular formula is C19H19Cl2FN2O3S. The van der Waals surface area contributed by atoms with Gasteiger partial charge in [-0.05, 0) is 48.7 Å². The molecule has 0 unspecified atom stereocenters. The predicted molar refractivity (Wildman–Crippen MR) is 108 cm³/mol. The number of amides is 1. The Balaban J connectivity index is 1.57. The zero-order valence-electron chi connectivity index (χ0n) is 14.9. The quantitative estimate of drug-likeness (QED) is 0.746. The molecule has 1 saturated heterocycles. The fourth-order valence-corrected chi connectivity index (χ4v) is 5.12. The first kappa shape index (κ1) is 21.0. The summed E-state index contributed by atoms with van der Waals surface area (Å²) in [6, 6.07) is 10.2. The molecule has 2 aromatic rings. The molecule has 1 aliphatic rings. The van der Waals surface area contributed by atoms with Gasteiger partial charge in [0, 0.05) is 24.0 Å². The minimum Gasteiger partial charge on any atom is -0.325 e. The first-order chi connectivity index (χ1) is 13.2. The Morgan fingerprint density at radius 1 is 1.11 bits per heavy atom. The van der Waals surface area contributed by atoms with E-state index in [9.17, 15) is 17.6 Å². The van der Waals surface area contributed by atoms with Gasteiger partial charge in [-0.25, -0.2) is 17.1 Å². The number of nitrogens with zero attached hydrogens (tertiary/aromatic N) is 1. The van der Waals surface area contributed by atoms with Gasteiger partial charge in [-0.1, -0.05) is 35.3 Å². The second kappa shape index (κ2) is 8.78. The van der Waals surface area contributed by atoms with Gasteiger partial charge in [0.2, 0.25) is 15.9 Å². The van der Waals surface area contributed by atoms with Gasteiger partial charge in [-0.2, -0.15) is 0 Å². The molecule has 2 aromatic carbocycles. The van der Waals surface area contributed by atoms with Crippen LogP contribution in [0, 0.1) is 11.7 Å². The molecule has 0 aromatic heterocycles. The van der Waals surface area contributed by atoms with E-state index < -0.39 is 15.8 Å². The van der Waals surface area contributed by atoms with Gasteiger partial charge in [0.25, 0.3) is 0 Å². The van der Waals surface area contributed by atoms with E-state index in [1.165, 1.54) is 28.6 Å². The maximum absolute atomic E-state index is 13.0. The Bertz CT molecular complexity index is 960. The number of rotatable bonds is 5. The van der Waals surface area contributed by atoms with E-state index in [1.54, 1.807) is 18.2 Å². The van der Waals surface area contributed by atoms with Crippen molar-refractivity contribution in [1.82, 2.24) is 4.31 Å². The number of halogens is 3. The van der Waals surface area contributed by atoms with Crippen LogP contribution in [-0.4, -0.2) is 31.7 Å². The van der Waals surface area contributed by atoms with E-state index in [0.717, 1.165) is 0 Å². The number of nitrogens with one attached hydrogen (secondary N) is 1. The molecule has 150 valence electrons. The SMILES string of the molecule is O=C(Nc1ccc(Cl)cc1Cl)C1CCN(S(=O)(=O)Cc2ccc(F)cc2)CC1. The molecule has 0 aliphatic carbocycles. The fraction of sp³-hybridized carbons (Fsp3) is 0.316. The van der Waals surface area contributed by atoms with Crippen molar-refractivity contribution in [2.45, 2.75) is 18.6 Å². The summed E-state index contributed by atoms with van der Waals surface area (Å²) in [4.78, 5) is 12.5. The molecule has 5 nitrogen and oxygen atoms in total. The molecular weight excluding hydrogens is 426 g/mol. The molecule has 0 saturated carbocycles. The number of benzene rings is 2. The summed E-state index contributed by atoms with van der Waals surface area (Å²) in [5, 5.41) is 3.59. The van der Waals surface area contributed by atoms with Gasteiger partial charge >= 0.3 is 0 Å². The molecule has 9 heteroatoms.